The number of hydrogen-bond donors (Lipinski definition) is 0. The molecule has 1 atom stereocenters. The lowest BCUT2D eigenvalue weighted by Crippen LogP contribution is -2.18. The van der Waals surface area contributed by atoms with Gasteiger partial charge in [0.05, 0.1) is 12.2 Å². The van der Waals surface area contributed by atoms with Crippen molar-refractivity contribution in [3.8, 4) is 17.3 Å². The molecule has 23 heavy (non-hydrogen) atoms. The average molecular weight is 311 g/mol. The van der Waals surface area contributed by atoms with E-state index in [2.05, 4.69) is 24.7 Å². The van der Waals surface area contributed by atoms with Gasteiger partial charge in [-0.3, -0.25) is 0 Å². The van der Waals surface area contributed by atoms with Gasteiger partial charge in [0.1, 0.15) is 11.9 Å². The number of fused-ring (bicyclic) bond motifs is 1. The highest BCUT2D eigenvalue weighted by Gasteiger charge is 2.27. The Labute approximate surface area is 133 Å². The summed E-state index contributed by atoms with van der Waals surface area (Å²) in [4.78, 5) is 13.2. The Hall–Kier alpha value is -2.70. The number of rotatable bonds is 4. The van der Waals surface area contributed by atoms with E-state index in [1.165, 1.54) is 0 Å². The van der Waals surface area contributed by atoms with Gasteiger partial charge in [-0.15, -0.1) is 0 Å². The third kappa shape index (κ3) is 2.48. The van der Waals surface area contributed by atoms with Gasteiger partial charge >= 0.3 is 0 Å². The van der Waals surface area contributed by atoms with E-state index in [4.69, 9.17) is 9.26 Å². The molecule has 0 fully saturated rings. The minimum atomic E-state index is 0.0507. The summed E-state index contributed by atoms with van der Waals surface area (Å²) in [6.07, 6.45) is 8.50. The van der Waals surface area contributed by atoms with Crippen LogP contribution in [0.15, 0.2) is 35.2 Å². The van der Waals surface area contributed by atoms with Gasteiger partial charge in [-0.05, 0) is 31.9 Å². The maximum atomic E-state index is 5.54. The third-order valence-electron chi connectivity index (χ3n) is 3.98. The molecule has 1 unspecified atom stereocenters. The zero-order chi connectivity index (χ0) is 15.6. The predicted molar refractivity (Wildman–Crippen MR) is 82.0 cm³/mol. The molecule has 1 aliphatic rings. The van der Waals surface area contributed by atoms with Gasteiger partial charge < -0.3 is 13.8 Å². The predicted octanol–water partition coefficient (Wildman–Crippen LogP) is 2.65. The molecule has 7 nitrogen and oxygen atoms in total. The zero-order valence-corrected chi connectivity index (χ0v) is 12.8. The lowest BCUT2D eigenvalue weighted by molar-refractivity contribution is 0.309. The van der Waals surface area contributed by atoms with Crippen LogP contribution in [0.1, 0.15) is 37.5 Å². The molecule has 0 radical (unpaired) electrons. The van der Waals surface area contributed by atoms with Crippen molar-refractivity contribution in [3.63, 3.8) is 0 Å². The van der Waals surface area contributed by atoms with E-state index < -0.39 is 0 Å². The van der Waals surface area contributed by atoms with Crippen LogP contribution in [0.2, 0.25) is 0 Å². The van der Waals surface area contributed by atoms with E-state index in [9.17, 15) is 0 Å². The first kappa shape index (κ1) is 13.9. The normalized spacial score (nSPS) is 17.0. The van der Waals surface area contributed by atoms with Crippen LogP contribution in [-0.4, -0.2) is 31.3 Å². The van der Waals surface area contributed by atoms with E-state index in [1.54, 1.807) is 6.20 Å². The van der Waals surface area contributed by atoms with Crippen molar-refractivity contribution < 1.29 is 9.26 Å². The largest absolute Gasteiger partial charge is 0.477 e. The second-order valence-electron chi connectivity index (χ2n) is 5.40. The molecule has 0 N–H and O–H groups in total. The highest BCUT2D eigenvalue weighted by atomic mass is 16.5. The van der Waals surface area contributed by atoms with Crippen molar-refractivity contribution in [1.82, 2.24) is 24.7 Å². The topological polar surface area (TPSA) is 78.9 Å². The highest BCUT2D eigenvalue weighted by Crippen LogP contribution is 2.31. The third-order valence-corrected chi connectivity index (χ3v) is 3.98. The molecule has 0 amide bonds. The highest BCUT2D eigenvalue weighted by molar-refractivity contribution is 5.60. The van der Waals surface area contributed by atoms with Gasteiger partial charge in [-0.2, -0.15) is 4.98 Å². The molecule has 0 saturated carbocycles. The van der Waals surface area contributed by atoms with Crippen LogP contribution in [0.25, 0.3) is 11.4 Å². The Morgan fingerprint density at radius 3 is 3.22 bits per heavy atom. The van der Waals surface area contributed by atoms with Gasteiger partial charge in [-0.1, -0.05) is 5.16 Å². The second kappa shape index (κ2) is 5.83. The Morgan fingerprint density at radius 1 is 1.35 bits per heavy atom. The smallest absolute Gasteiger partial charge is 0.250 e. The minimum Gasteiger partial charge on any atom is -0.477 e. The van der Waals surface area contributed by atoms with Gasteiger partial charge in [0.2, 0.25) is 17.6 Å². The van der Waals surface area contributed by atoms with Crippen molar-refractivity contribution in [2.75, 3.05) is 6.61 Å². The Kier molecular flexibility index (Phi) is 3.53. The first-order chi connectivity index (χ1) is 11.4. The van der Waals surface area contributed by atoms with Gasteiger partial charge in [-0.25, -0.2) is 9.97 Å². The number of aryl methyl sites for hydroxylation is 1. The summed E-state index contributed by atoms with van der Waals surface area (Å²) in [6, 6.07) is 3.77. The summed E-state index contributed by atoms with van der Waals surface area (Å²) in [5.74, 6) is 2.70. The van der Waals surface area contributed by atoms with Crippen molar-refractivity contribution in [3.05, 3.63) is 42.4 Å². The molecule has 3 aromatic heterocycles. The van der Waals surface area contributed by atoms with Crippen LogP contribution in [0.3, 0.4) is 0 Å². The number of ether oxygens (including phenoxy) is 1. The zero-order valence-electron chi connectivity index (χ0n) is 12.8. The molecule has 0 bridgehead atoms. The molecule has 7 heteroatoms. The van der Waals surface area contributed by atoms with Gasteiger partial charge in [0.25, 0.3) is 0 Å². The van der Waals surface area contributed by atoms with E-state index >= 15 is 0 Å². The van der Waals surface area contributed by atoms with E-state index in [-0.39, 0.29) is 6.04 Å². The van der Waals surface area contributed by atoms with E-state index in [0.717, 1.165) is 30.7 Å². The Morgan fingerprint density at radius 2 is 2.30 bits per heavy atom. The molecular formula is C16H17N5O2. The molecule has 3 aromatic rings. The van der Waals surface area contributed by atoms with Crippen molar-refractivity contribution in [2.24, 2.45) is 0 Å². The monoisotopic (exact) mass is 311 g/mol. The molecule has 4 rings (SSSR count). The first-order valence-corrected chi connectivity index (χ1v) is 7.80. The van der Waals surface area contributed by atoms with Gasteiger partial charge in [0, 0.05) is 25.0 Å². The summed E-state index contributed by atoms with van der Waals surface area (Å²) in [6.45, 7) is 2.46. The van der Waals surface area contributed by atoms with Crippen LogP contribution in [0.5, 0.6) is 5.88 Å². The fourth-order valence-electron chi connectivity index (χ4n) is 2.95. The number of aromatic nitrogens is 5. The molecule has 118 valence electrons. The summed E-state index contributed by atoms with van der Waals surface area (Å²) in [5.41, 5.74) is 0.742. The Bertz CT molecular complexity index is 810. The molecule has 0 spiro atoms. The van der Waals surface area contributed by atoms with Crippen LogP contribution >= 0.6 is 0 Å². The van der Waals surface area contributed by atoms with Crippen molar-refractivity contribution in [2.45, 2.75) is 32.2 Å². The fourth-order valence-corrected chi connectivity index (χ4v) is 2.95. The van der Waals surface area contributed by atoms with Crippen molar-refractivity contribution in [1.29, 1.82) is 0 Å². The number of imidazole rings is 1. The average Bonchev–Trinajstić information content (AvgIpc) is 3.25. The second-order valence-corrected chi connectivity index (χ2v) is 5.40. The number of pyridine rings is 1. The standard InChI is InChI=1S/C16H17N5O2/c1-2-22-15-11(5-4-8-18-15)14-19-16(23-20-14)12-6-3-7-13-17-9-10-21(12)13/h4-5,8-10,12H,2-3,6-7H2,1H3. The number of hydrogen-bond acceptors (Lipinski definition) is 6. The molecule has 4 heterocycles. The van der Waals surface area contributed by atoms with E-state index in [1.807, 2.05) is 31.5 Å². The maximum absolute atomic E-state index is 5.54. The van der Waals surface area contributed by atoms with Crippen LogP contribution < -0.4 is 4.74 Å². The lowest BCUT2D eigenvalue weighted by Gasteiger charge is -2.21. The van der Waals surface area contributed by atoms with Crippen LogP contribution in [0.4, 0.5) is 0 Å². The molecule has 0 aromatic carbocycles. The number of nitrogens with zero attached hydrogens (tertiary/aromatic N) is 5. The molecule has 1 aliphatic heterocycles. The van der Waals surface area contributed by atoms with Gasteiger partial charge in [0.15, 0.2) is 0 Å². The summed E-state index contributed by atoms with van der Waals surface area (Å²) < 4.78 is 13.2. The molecule has 0 saturated heterocycles. The molecule has 0 aliphatic carbocycles. The lowest BCUT2D eigenvalue weighted by atomic mass is 10.0. The molecular weight excluding hydrogens is 294 g/mol. The first-order valence-electron chi connectivity index (χ1n) is 7.80. The maximum Gasteiger partial charge on any atom is 0.250 e. The quantitative estimate of drug-likeness (QED) is 0.737. The fraction of sp³-hybridized carbons (Fsp3) is 0.375. The summed E-state index contributed by atoms with van der Waals surface area (Å²) in [7, 11) is 0. The van der Waals surface area contributed by atoms with E-state index in [0.29, 0.717) is 24.2 Å². The van der Waals surface area contributed by atoms with Crippen molar-refractivity contribution >= 4 is 0 Å². The summed E-state index contributed by atoms with van der Waals surface area (Å²) in [5, 5.41) is 4.12. The Balaban J connectivity index is 1.69. The van der Waals surface area contributed by atoms with Crippen LogP contribution in [0, 0.1) is 0 Å². The minimum absolute atomic E-state index is 0.0507. The summed E-state index contributed by atoms with van der Waals surface area (Å²) >= 11 is 0. The van der Waals surface area contributed by atoms with Crippen LogP contribution in [-0.2, 0) is 6.42 Å². The SMILES string of the molecule is CCOc1ncccc1-c1noc(C2CCCc3nccn32)n1.